The molecule has 5 heteroatoms. The first-order chi connectivity index (χ1) is 11.1. The monoisotopic (exact) mass is 307 g/mol. The molecule has 23 heavy (non-hydrogen) atoms. The molecule has 0 saturated carbocycles. The third-order valence-corrected chi connectivity index (χ3v) is 3.65. The lowest BCUT2D eigenvalue weighted by Crippen LogP contribution is -2.30. The molecule has 2 aromatic heterocycles. The van der Waals surface area contributed by atoms with Crippen molar-refractivity contribution < 1.29 is 4.79 Å². The Morgan fingerprint density at radius 1 is 1.13 bits per heavy atom. The van der Waals surface area contributed by atoms with E-state index < -0.39 is 0 Å². The summed E-state index contributed by atoms with van der Waals surface area (Å²) in [6.45, 7) is 3.78. The minimum Gasteiger partial charge on any atom is -0.321 e. The Labute approximate surface area is 133 Å². The van der Waals surface area contributed by atoms with Crippen LogP contribution in [0, 0.1) is 0 Å². The highest BCUT2D eigenvalue weighted by atomic mass is 16.2. The summed E-state index contributed by atoms with van der Waals surface area (Å²) in [5, 5.41) is 4.18. The number of nitrogens with one attached hydrogen (secondary N) is 1. The summed E-state index contributed by atoms with van der Waals surface area (Å²) in [6.07, 6.45) is 3.21. The number of benzene rings is 1. The highest BCUT2D eigenvalue weighted by Gasteiger charge is 2.17. The topological polar surface area (TPSA) is 64.0 Å². The minimum atomic E-state index is -0.312. The molecule has 3 aromatic rings. The van der Waals surface area contributed by atoms with Crippen LogP contribution < -0.4 is 10.9 Å². The van der Waals surface area contributed by atoms with E-state index in [2.05, 4.69) is 10.3 Å². The summed E-state index contributed by atoms with van der Waals surface area (Å²) in [4.78, 5) is 29.3. The third kappa shape index (κ3) is 2.85. The normalized spacial score (nSPS) is 10.9. The minimum absolute atomic E-state index is 0.120. The Morgan fingerprint density at radius 2 is 1.83 bits per heavy atom. The molecule has 0 unspecified atom stereocenters. The van der Waals surface area contributed by atoms with Gasteiger partial charge >= 0.3 is 0 Å². The molecule has 0 aliphatic carbocycles. The number of aromatic nitrogens is 2. The molecule has 116 valence electrons. The number of hydrogen-bond acceptors (Lipinski definition) is 3. The van der Waals surface area contributed by atoms with Crippen molar-refractivity contribution in [1.29, 1.82) is 0 Å². The van der Waals surface area contributed by atoms with Crippen molar-refractivity contribution in [2.75, 3.05) is 5.32 Å². The average molecular weight is 307 g/mol. The summed E-state index contributed by atoms with van der Waals surface area (Å²) < 4.78 is 1.53. The van der Waals surface area contributed by atoms with E-state index in [-0.39, 0.29) is 17.5 Å². The fourth-order valence-corrected chi connectivity index (χ4v) is 2.59. The van der Waals surface area contributed by atoms with E-state index in [9.17, 15) is 9.59 Å². The van der Waals surface area contributed by atoms with Gasteiger partial charge in [0.15, 0.2) is 0 Å². The Hall–Kier alpha value is -2.95. The summed E-state index contributed by atoms with van der Waals surface area (Å²) in [5.74, 6) is -0.312. The number of nitrogens with zero attached hydrogens (tertiary/aromatic N) is 2. The second-order valence-corrected chi connectivity index (χ2v) is 5.58. The Bertz CT molecular complexity index is 914. The van der Waals surface area contributed by atoms with Crippen LogP contribution >= 0.6 is 0 Å². The van der Waals surface area contributed by atoms with Gasteiger partial charge in [0.25, 0.3) is 11.5 Å². The highest BCUT2D eigenvalue weighted by Crippen LogP contribution is 2.17. The first kappa shape index (κ1) is 15.0. The molecule has 3 rings (SSSR count). The summed E-state index contributed by atoms with van der Waals surface area (Å²) in [5.41, 5.74) is 0.833. The zero-order valence-electron chi connectivity index (χ0n) is 13.0. The molecule has 0 aliphatic rings. The largest absolute Gasteiger partial charge is 0.321 e. The van der Waals surface area contributed by atoms with Crippen molar-refractivity contribution >= 4 is 22.4 Å². The van der Waals surface area contributed by atoms with Gasteiger partial charge in [-0.05, 0) is 43.5 Å². The molecule has 5 nitrogen and oxygen atoms in total. The van der Waals surface area contributed by atoms with Crippen LogP contribution in [0.4, 0.5) is 5.69 Å². The van der Waals surface area contributed by atoms with Crippen molar-refractivity contribution in [3.05, 3.63) is 70.9 Å². The quantitative estimate of drug-likeness (QED) is 0.808. The molecule has 0 radical (unpaired) electrons. The van der Waals surface area contributed by atoms with Gasteiger partial charge in [0, 0.05) is 29.5 Å². The predicted octanol–water partition coefficient (Wildman–Crippen LogP) is 3.23. The van der Waals surface area contributed by atoms with E-state index in [1.807, 2.05) is 32.0 Å². The zero-order chi connectivity index (χ0) is 16.4. The van der Waals surface area contributed by atoms with E-state index in [4.69, 9.17) is 0 Å². The lowest BCUT2D eigenvalue weighted by Gasteiger charge is -2.17. The van der Waals surface area contributed by atoms with Crippen LogP contribution in [0.3, 0.4) is 0 Å². The van der Waals surface area contributed by atoms with Crippen molar-refractivity contribution in [1.82, 2.24) is 9.55 Å². The second kappa shape index (κ2) is 6.04. The smallest absolute Gasteiger partial charge is 0.272 e. The first-order valence-corrected chi connectivity index (χ1v) is 7.43. The average Bonchev–Trinajstić information content (AvgIpc) is 2.55. The van der Waals surface area contributed by atoms with Crippen molar-refractivity contribution in [2.24, 2.45) is 0 Å². The fraction of sp³-hybridized carbons (Fsp3) is 0.167. The van der Waals surface area contributed by atoms with Crippen LogP contribution in [-0.2, 0) is 0 Å². The van der Waals surface area contributed by atoms with Crippen LogP contribution in [0.25, 0.3) is 10.8 Å². The van der Waals surface area contributed by atoms with Crippen molar-refractivity contribution in [3.63, 3.8) is 0 Å². The van der Waals surface area contributed by atoms with Gasteiger partial charge in [0.05, 0.1) is 0 Å². The van der Waals surface area contributed by atoms with Crippen molar-refractivity contribution in [3.8, 4) is 0 Å². The van der Waals surface area contributed by atoms with E-state index in [0.717, 1.165) is 5.39 Å². The summed E-state index contributed by atoms with van der Waals surface area (Å²) in [6, 6.07) is 12.3. The zero-order valence-corrected chi connectivity index (χ0v) is 13.0. The number of rotatable bonds is 3. The maximum absolute atomic E-state index is 12.7. The molecule has 0 aliphatic heterocycles. The lowest BCUT2D eigenvalue weighted by molar-refractivity contribution is 0.101. The molecule has 0 fully saturated rings. The first-order valence-electron chi connectivity index (χ1n) is 7.43. The molecular formula is C18H17N3O2. The predicted molar refractivity (Wildman–Crippen MR) is 90.8 cm³/mol. The fourth-order valence-electron chi connectivity index (χ4n) is 2.59. The summed E-state index contributed by atoms with van der Waals surface area (Å²) >= 11 is 0. The number of carbonyl (C=O) groups excluding carboxylic acids is 1. The highest BCUT2D eigenvalue weighted by molar-refractivity contribution is 6.05. The molecule has 1 amide bonds. The van der Waals surface area contributed by atoms with Gasteiger partial charge in [0.2, 0.25) is 0 Å². The van der Waals surface area contributed by atoms with Gasteiger partial charge in [-0.25, -0.2) is 0 Å². The Morgan fingerprint density at radius 3 is 2.52 bits per heavy atom. The number of carbonyl (C=O) groups is 1. The van der Waals surface area contributed by atoms with E-state index in [1.165, 1.54) is 4.57 Å². The van der Waals surface area contributed by atoms with Gasteiger partial charge in [0.1, 0.15) is 5.69 Å². The van der Waals surface area contributed by atoms with Gasteiger partial charge in [-0.2, -0.15) is 0 Å². The molecule has 1 N–H and O–H groups in total. The van der Waals surface area contributed by atoms with Crippen LogP contribution in [-0.4, -0.2) is 15.5 Å². The van der Waals surface area contributed by atoms with Gasteiger partial charge in [-0.15, -0.1) is 0 Å². The van der Waals surface area contributed by atoms with E-state index in [1.54, 1.807) is 36.7 Å². The number of anilines is 1. The number of amides is 1. The maximum atomic E-state index is 12.7. The Kier molecular flexibility index (Phi) is 3.93. The van der Waals surface area contributed by atoms with E-state index >= 15 is 0 Å². The van der Waals surface area contributed by atoms with Crippen molar-refractivity contribution in [2.45, 2.75) is 19.9 Å². The second-order valence-electron chi connectivity index (χ2n) is 5.58. The van der Waals surface area contributed by atoms with E-state index in [0.29, 0.717) is 16.8 Å². The molecule has 0 atom stereocenters. The SMILES string of the molecule is CC(C)n1c(C(=O)Nc2ccncc2)cc2ccccc2c1=O. The number of fused-ring (bicyclic) bond motifs is 1. The standard InChI is InChI=1S/C18H17N3O2/c1-12(2)21-16(17(22)20-14-7-9-19-10-8-14)11-13-5-3-4-6-15(13)18(21)23/h3-12H,1-2H3,(H,19,20,22). The molecule has 1 aromatic carbocycles. The third-order valence-electron chi connectivity index (χ3n) is 3.65. The maximum Gasteiger partial charge on any atom is 0.272 e. The number of hydrogen-bond donors (Lipinski definition) is 1. The molecule has 2 heterocycles. The van der Waals surface area contributed by atoms with Crippen LogP contribution in [0.1, 0.15) is 30.4 Å². The molecule has 0 bridgehead atoms. The number of pyridine rings is 2. The van der Waals surface area contributed by atoms with Gasteiger partial charge in [-0.3, -0.25) is 14.6 Å². The molecule has 0 saturated heterocycles. The summed E-state index contributed by atoms with van der Waals surface area (Å²) in [7, 11) is 0. The lowest BCUT2D eigenvalue weighted by atomic mass is 10.1. The van der Waals surface area contributed by atoms with Crippen LogP contribution in [0.2, 0.25) is 0 Å². The van der Waals surface area contributed by atoms with Crippen LogP contribution in [0.15, 0.2) is 59.7 Å². The Balaban J connectivity index is 2.14. The van der Waals surface area contributed by atoms with Gasteiger partial charge < -0.3 is 9.88 Å². The van der Waals surface area contributed by atoms with Gasteiger partial charge in [-0.1, -0.05) is 18.2 Å². The molecular weight excluding hydrogens is 290 g/mol. The molecule has 0 spiro atoms. The van der Waals surface area contributed by atoms with Crippen LogP contribution in [0.5, 0.6) is 0 Å².